The lowest BCUT2D eigenvalue weighted by Crippen LogP contribution is -2.37. The lowest BCUT2D eigenvalue weighted by Gasteiger charge is -2.16. The predicted octanol–water partition coefficient (Wildman–Crippen LogP) is 1.69. The van der Waals surface area contributed by atoms with Gasteiger partial charge in [0.05, 0.1) is 10.0 Å². The third-order valence-corrected chi connectivity index (χ3v) is 4.56. The van der Waals surface area contributed by atoms with Gasteiger partial charge in [0.25, 0.3) is 5.91 Å². The molecule has 3 N–H and O–H groups in total. The summed E-state index contributed by atoms with van der Waals surface area (Å²) in [5, 5.41) is 7.69. The molecular weight excluding hydrogens is 339 g/mol. The molecule has 1 atom stereocenters. The second-order valence-electron chi connectivity index (χ2n) is 4.80. The van der Waals surface area contributed by atoms with E-state index in [1.807, 2.05) is 0 Å². The quantitative estimate of drug-likeness (QED) is 0.842. The standard InChI is InChI=1S/C12H14Cl2N2O4S/c1-6(12(17)16-7-2-3-7)20-10-4-9(14)11(5-8(10)13)21(15,18)19/h4-7H,2-3H2,1H3,(H,16,17)(H2,15,18,19). The molecule has 0 radical (unpaired) electrons. The van der Waals surface area contributed by atoms with Crippen molar-refractivity contribution in [1.82, 2.24) is 5.32 Å². The van der Waals surface area contributed by atoms with E-state index >= 15 is 0 Å². The van der Waals surface area contributed by atoms with Gasteiger partial charge in [-0.3, -0.25) is 4.79 Å². The zero-order chi connectivity index (χ0) is 15.8. The third-order valence-electron chi connectivity index (χ3n) is 2.89. The minimum atomic E-state index is -3.98. The summed E-state index contributed by atoms with van der Waals surface area (Å²) in [5.41, 5.74) is 0. The van der Waals surface area contributed by atoms with E-state index in [4.69, 9.17) is 33.1 Å². The number of sulfonamides is 1. The molecule has 0 spiro atoms. The Morgan fingerprint density at radius 2 is 2.00 bits per heavy atom. The van der Waals surface area contributed by atoms with Gasteiger partial charge in [0, 0.05) is 12.1 Å². The molecule has 6 nitrogen and oxygen atoms in total. The first-order valence-corrected chi connectivity index (χ1v) is 8.47. The van der Waals surface area contributed by atoms with Gasteiger partial charge in [0.1, 0.15) is 10.6 Å². The highest BCUT2D eigenvalue weighted by molar-refractivity contribution is 7.89. The molecule has 1 fully saturated rings. The Bertz CT molecular complexity index is 674. The summed E-state index contributed by atoms with van der Waals surface area (Å²) in [7, 11) is -3.98. The molecule has 2 rings (SSSR count). The summed E-state index contributed by atoms with van der Waals surface area (Å²) >= 11 is 11.8. The number of rotatable bonds is 5. The highest BCUT2D eigenvalue weighted by atomic mass is 35.5. The molecule has 9 heteroatoms. The van der Waals surface area contributed by atoms with Crippen molar-refractivity contribution in [3.63, 3.8) is 0 Å². The van der Waals surface area contributed by atoms with Crippen LogP contribution in [0.25, 0.3) is 0 Å². The van der Waals surface area contributed by atoms with Gasteiger partial charge in [0.2, 0.25) is 10.0 Å². The van der Waals surface area contributed by atoms with Crippen molar-refractivity contribution in [2.45, 2.75) is 36.8 Å². The number of halogens is 2. The lowest BCUT2D eigenvalue weighted by atomic mass is 10.3. The number of hydrogen-bond donors (Lipinski definition) is 2. The van der Waals surface area contributed by atoms with Gasteiger partial charge < -0.3 is 10.1 Å². The van der Waals surface area contributed by atoms with E-state index in [9.17, 15) is 13.2 Å². The largest absolute Gasteiger partial charge is 0.479 e. The first kappa shape index (κ1) is 16.4. The molecule has 0 bridgehead atoms. The van der Waals surface area contributed by atoms with Crippen LogP contribution in [-0.4, -0.2) is 26.5 Å². The monoisotopic (exact) mass is 352 g/mol. The SMILES string of the molecule is CC(Oc1cc(Cl)c(S(N)(=O)=O)cc1Cl)C(=O)NC1CC1. The minimum Gasteiger partial charge on any atom is -0.479 e. The molecule has 1 aromatic rings. The molecule has 1 amide bonds. The number of benzene rings is 1. The van der Waals surface area contributed by atoms with Crippen LogP contribution in [0.15, 0.2) is 17.0 Å². The van der Waals surface area contributed by atoms with Crippen LogP contribution in [0.5, 0.6) is 5.75 Å². The topological polar surface area (TPSA) is 98.5 Å². The molecule has 1 saturated carbocycles. The predicted molar refractivity (Wildman–Crippen MR) is 79.1 cm³/mol. The summed E-state index contributed by atoms with van der Waals surface area (Å²) in [6.07, 6.45) is 1.15. The average Bonchev–Trinajstić information content (AvgIpc) is 3.15. The fourth-order valence-electron chi connectivity index (χ4n) is 1.61. The molecule has 1 unspecified atom stereocenters. The van der Waals surface area contributed by atoms with Gasteiger partial charge >= 0.3 is 0 Å². The first-order valence-electron chi connectivity index (χ1n) is 6.17. The number of carbonyl (C=O) groups excluding carboxylic acids is 1. The van der Waals surface area contributed by atoms with Crippen molar-refractivity contribution in [3.05, 3.63) is 22.2 Å². The summed E-state index contributed by atoms with van der Waals surface area (Å²) in [6, 6.07) is 2.54. The van der Waals surface area contributed by atoms with Gasteiger partial charge in [-0.2, -0.15) is 0 Å². The molecule has 1 aliphatic carbocycles. The molecule has 0 aromatic heterocycles. The molecule has 116 valence electrons. The fourth-order valence-corrected chi connectivity index (χ4v) is 2.97. The number of carbonyl (C=O) groups is 1. The van der Waals surface area contributed by atoms with Crippen molar-refractivity contribution in [2.75, 3.05) is 0 Å². The van der Waals surface area contributed by atoms with Crippen molar-refractivity contribution in [2.24, 2.45) is 5.14 Å². The van der Waals surface area contributed by atoms with Crippen LogP contribution in [0.3, 0.4) is 0 Å². The Balaban J connectivity index is 2.16. The maximum Gasteiger partial charge on any atom is 0.260 e. The van der Waals surface area contributed by atoms with Gasteiger partial charge in [-0.1, -0.05) is 23.2 Å². The number of hydrogen-bond acceptors (Lipinski definition) is 4. The van der Waals surface area contributed by atoms with Crippen LogP contribution in [0, 0.1) is 0 Å². The Morgan fingerprint density at radius 1 is 1.38 bits per heavy atom. The Morgan fingerprint density at radius 3 is 2.52 bits per heavy atom. The van der Waals surface area contributed by atoms with Crippen molar-refractivity contribution >= 4 is 39.1 Å². The van der Waals surface area contributed by atoms with Crippen LogP contribution < -0.4 is 15.2 Å². The molecule has 1 aromatic carbocycles. The van der Waals surface area contributed by atoms with Crippen molar-refractivity contribution < 1.29 is 17.9 Å². The van der Waals surface area contributed by atoms with Gasteiger partial charge in [-0.25, -0.2) is 13.6 Å². The number of nitrogens with two attached hydrogens (primary N) is 1. The fraction of sp³-hybridized carbons (Fsp3) is 0.417. The first-order chi connectivity index (χ1) is 9.68. The third kappa shape index (κ3) is 4.23. The van der Waals surface area contributed by atoms with Crippen LogP contribution in [0.2, 0.25) is 10.0 Å². The summed E-state index contributed by atoms with van der Waals surface area (Å²) in [5.74, 6) is -0.146. The molecule has 0 heterocycles. The van der Waals surface area contributed by atoms with Gasteiger partial charge in [-0.05, 0) is 25.8 Å². The minimum absolute atomic E-state index is 0.00879. The summed E-state index contributed by atoms with van der Waals surface area (Å²) in [4.78, 5) is 11.5. The number of amides is 1. The van der Waals surface area contributed by atoms with Crippen molar-refractivity contribution in [3.8, 4) is 5.75 Å². The highest BCUT2D eigenvalue weighted by Gasteiger charge is 2.27. The van der Waals surface area contributed by atoms with E-state index in [0.29, 0.717) is 0 Å². The van der Waals surface area contributed by atoms with Gasteiger partial charge in [0.15, 0.2) is 6.10 Å². The van der Waals surface area contributed by atoms with E-state index in [2.05, 4.69) is 5.32 Å². The Hall–Kier alpha value is -1.02. The van der Waals surface area contributed by atoms with Crippen molar-refractivity contribution in [1.29, 1.82) is 0 Å². The van der Waals surface area contributed by atoms with Crippen LogP contribution >= 0.6 is 23.2 Å². The van der Waals surface area contributed by atoms with E-state index in [-0.39, 0.29) is 32.6 Å². The molecule has 21 heavy (non-hydrogen) atoms. The van der Waals surface area contributed by atoms with Crippen LogP contribution in [0.1, 0.15) is 19.8 Å². The summed E-state index contributed by atoms with van der Waals surface area (Å²) in [6.45, 7) is 1.57. The van der Waals surface area contributed by atoms with E-state index in [0.717, 1.165) is 18.9 Å². The normalized spacial score (nSPS) is 16.4. The maximum absolute atomic E-state index is 11.8. The highest BCUT2D eigenvalue weighted by Crippen LogP contribution is 2.33. The van der Waals surface area contributed by atoms with Crippen LogP contribution in [0.4, 0.5) is 0 Å². The molecular formula is C12H14Cl2N2O4S. The second-order valence-corrected chi connectivity index (χ2v) is 7.15. The average molecular weight is 353 g/mol. The zero-order valence-electron chi connectivity index (χ0n) is 11.1. The smallest absolute Gasteiger partial charge is 0.260 e. The van der Waals surface area contributed by atoms with E-state index < -0.39 is 16.1 Å². The van der Waals surface area contributed by atoms with Gasteiger partial charge in [-0.15, -0.1) is 0 Å². The number of ether oxygens (including phenoxy) is 1. The number of primary sulfonamides is 1. The molecule has 0 aliphatic heterocycles. The molecule has 0 saturated heterocycles. The second kappa shape index (κ2) is 6.00. The zero-order valence-corrected chi connectivity index (χ0v) is 13.4. The number of nitrogens with one attached hydrogen (secondary N) is 1. The Labute approximate surface area is 132 Å². The molecule has 1 aliphatic rings. The van der Waals surface area contributed by atoms with E-state index in [1.54, 1.807) is 6.92 Å². The maximum atomic E-state index is 11.8. The lowest BCUT2D eigenvalue weighted by molar-refractivity contribution is -0.127. The van der Waals surface area contributed by atoms with Crippen LogP contribution in [-0.2, 0) is 14.8 Å². The summed E-state index contributed by atoms with van der Waals surface area (Å²) < 4.78 is 28.0. The Kier molecular flexibility index (Phi) is 4.67. The van der Waals surface area contributed by atoms with E-state index in [1.165, 1.54) is 6.07 Å².